The SMILES string of the molecule is C=C(C)C(=O)OC1(C)CCc2ccc(C(F)(F)F)cc21. The number of hydrogen-bond donors (Lipinski definition) is 0. The number of carbonyl (C=O) groups is 1. The van der Waals surface area contributed by atoms with Crippen molar-refractivity contribution in [2.24, 2.45) is 0 Å². The average molecular weight is 284 g/mol. The number of ether oxygens (including phenoxy) is 1. The van der Waals surface area contributed by atoms with Gasteiger partial charge in [0.25, 0.3) is 0 Å². The summed E-state index contributed by atoms with van der Waals surface area (Å²) in [6.45, 7) is 6.63. The number of esters is 1. The molecule has 108 valence electrons. The third kappa shape index (κ3) is 2.57. The molecular formula is C15H15F3O2. The molecule has 5 heteroatoms. The molecule has 1 aromatic carbocycles. The summed E-state index contributed by atoms with van der Waals surface area (Å²) in [5, 5.41) is 0. The molecule has 0 radical (unpaired) electrons. The van der Waals surface area contributed by atoms with Crippen LogP contribution >= 0.6 is 0 Å². The maximum atomic E-state index is 12.8. The zero-order chi connectivity index (χ0) is 15.1. The van der Waals surface area contributed by atoms with Crippen molar-refractivity contribution in [1.29, 1.82) is 0 Å². The summed E-state index contributed by atoms with van der Waals surface area (Å²) < 4.78 is 43.7. The Morgan fingerprint density at radius 1 is 1.40 bits per heavy atom. The summed E-state index contributed by atoms with van der Waals surface area (Å²) >= 11 is 0. The van der Waals surface area contributed by atoms with Gasteiger partial charge in [-0.15, -0.1) is 0 Å². The van der Waals surface area contributed by atoms with Crippen molar-refractivity contribution in [2.75, 3.05) is 0 Å². The van der Waals surface area contributed by atoms with Gasteiger partial charge in [0.1, 0.15) is 5.60 Å². The van der Waals surface area contributed by atoms with Crippen LogP contribution in [0.15, 0.2) is 30.4 Å². The maximum Gasteiger partial charge on any atom is 0.416 e. The van der Waals surface area contributed by atoms with Gasteiger partial charge in [-0.05, 0) is 49.9 Å². The van der Waals surface area contributed by atoms with Gasteiger partial charge < -0.3 is 4.74 Å². The van der Waals surface area contributed by atoms with Crippen LogP contribution in [-0.4, -0.2) is 5.97 Å². The highest BCUT2D eigenvalue weighted by Gasteiger charge is 2.40. The second-order valence-electron chi connectivity index (χ2n) is 5.27. The Bertz CT molecular complexity index is 575. The minimum atomic E-state index is -4.41. The Morgan fingerprint density at radius 3 is 2.60 bits per heavy atom. The zero-order valence-electron chi connectivity index (χ0n) is 11.3. The van der Waals surface area contributed by atoms with Crippen molar-refractivity contribution in [1.82, 2.24) is 0 Å². The van der Waals surface area contributed by atoms with Crippen molar-refractivity contribution in [2.45, 2.75) is 38.5 Å². The van der Waals surface area contributed by atoms with Crippen LogP contribution in [0, 0.1) is 0 Å². The van der Waals surface area contributed by atoms with Crippen LogP contribution in [0.4, 0.5) is 13.2 Å². The van der Waals surface area contributed by atoms with Gasteiger partial charge in [0, 0.05) is 5.57 Å². The van der Waals surface area contributed by atoms with Gasteiger partial charge in [0.05, 0.1) is 5.56 Å². The summed E-state index contributed by atoms with van der Waals surface area (Å²) in [7, 11) is 0. The largest absolute Gasteiger partial charge is 0.451 e. The number of carbonyl (C=O) groups excluding carboxylic acids is 1. The molecule has 1 aliphatic carbocycles. The van der Waals surface area contributed by atoms with Crippen molar-refractivity contribution in [3.63, 3.8) is 0 Å². The minimum Gasteiger partial charge on any atom is -0.451 e. The molecule has 1 aromatic rings. The van der Waals surface area contributed by atoms with E-state index in [9.17, 15) is 18.0 Å². The number of rotatable bonds is 2. The lowest BCUT2D eigenvalue weighted by Crippen LogP contribution is -2.27. The van der Waals surface area contributed by atoms with Crippen LogP contribution in [0.25, 0.3) is 0 Å². The molecule has 0 bridgehead atoms. The predicted octanol–water partition coefficient (Wildman–Crippen LogP) is 3.99. The van der Waals surface area contributed by atoms with Gasteiger partial charge in [0.15, 0.2) is 0 Å². The third-order valence-electron chi connectivity index (χ3n) is 3.54. The molecule has 0 N–H and O–H groups in total. The summed E-state index contributed by atoms with van der Waals surface area (Å²) in [6.07, 6.45) is -3.34. The quantitative estimate of drug-likeness (QED) is 0.606. The van der Waals surface area contributed by atoms with Crippen molar-refractivity contribution >= 4 is 5.97 Å². The molecule has 20 heavy (non-hydrogen) atoms. The van der Waals surface area contributed by atoms with Crippen LogP contribution in [0.5, 0.6) is 0 Å². The molecule has 0 saturated heterocycles. The molecule has 1 atom stereocenters. The number of halogens is 3. The first-order chi connectivity index (χ1) is 9.13. The van der Waals surface area contributed by atoms with Gasteiger partial charge >= 0.3 is 12.1 Å². The van der Waals surface area contributed by atoms with Crippen molar-refractivity contribution in [3.05, 3.63) is 47.0 Å². The molecule has 0 spiro atoms. The Morgan fingerprint density at radius 2 is 2.05 bits per heavy atom. The van der Waals surface area contributed by atoms with E-state index in [2.05, 4.69) is 6.58 Å². The Hall–Kier alpha value is -1.78. The van der Waals surface area contributed by atoms with E-state index >= 15 is 0 Å². The monoisotopic (exact) mass is 284 g/mol. The van der Waals surface area contributed by atoms with Gasteiger partial charge in [-0.25, -0.2) is 4.79 Å². The van der Waals surface area contributed by atoms with Crippen molar-refractivity contribution in [3.8, 4) is 0 Å². The van der Waals surface area contributed by atoms with E-state index in [4.69, 9.17) is 4.74 Å². The molecule has 0 heterocycles. The van der Waals surface area contributed by atoms with Crippen LogP contribution in [0.1, 0.15) is 37.0 Å². The highest BCUT2D eigenvalue weighted by atomic mass is 19.4. The number of benzene rings is 1. The Balaban J connectivity index is 2.40. The molecular weight excluding hydrogens is 269 g/mol. The summed E-state index contributed by atoms with van der Waals surface area (Å²) in [6, 6.07) is 3.59. The van der Waals surface area contributed by atoms with Gasteiger partial charge in [0.2, 0.25) is 0 Å². The lowest BCUT2D eigenvalue weighted by atomic mass is 9.96. The molecule has 0 fully saturated rings. The van der Waals surface area contributed by atoms with Crippen molar-refractivity contribution < 1.29 is 22.7 Å². The molecule has 1 aliphatic rings. The molecule has 2 nitrogen and oxygen atoms in total. The zero-order valence-corrected chi connectivity index (χ0v) is 11.3. The second-order valence-corrected chi connectivity index (χ2v) is 5.27. The fourth-order valence-electron chi connectivity index (χ4n) is 2.37. The summed E-state index contributed by atoms with van der Waals surface area (Å²) in [5.41, 5.74) is -0.300. The second kappa shape index (κ2) is 4.65. The number of hydrogen-bond acceptors (Lipinski definition) is 2. The standard InChI is InChI=1S/C15H15F3O2/c1-9(2)13(19)20-14(3)7-6-10-4-5-11(8-12(10)14)15(16,17)18/h4-5,8H,1,6-7H2,2-3H3. The van der Waals surface area contributed by atoms with E-state index in [1.165, 1.54) is 13.0 Å². The third-order valence-corrected chi connectivity index (χ3v) is 3.54. The molecule has 0 aliphatic heterocycles. The van der Waals surface area contributed by atoms with Crippen LogP contribution in [0.2, 0.25) is 0 Å². The Kier molecular flexibility index (Phi) is 3.40. The van der Waals surface area contributed by atoms with E-state index in [0.29, 0.717) is 18.4 Å². The molecule has 0 saturated carbocycles. The number of aryl methyl sites for hydroxylation is 1. The Labute approximate surface area is 115 Å². The highest BCUT2D eigenvalue weighted by molar-refractivity contribution is 5.87. The molecule has 0 amide bonds. The predicted molar refractivity (Wildman–Crippen MR) is 68.0 cm³/mol. The molecule has 1 unspecified atom stereocenters. The van der Waals surface area contributed by atoms with E-state index in [0.717, 1.165) is 17.7 Å². The van der Waals surface area contributed by atoms with Crippen LogP contribution in [0.3, 0.4) is 0 Å². The lowest BCUT2D eigenvalue weighted by Gasteiger charge is -2.26. The van der Waals surface area contributed by atoms with Gasteiger partial charge in [-0.1, -0.05) is 12.6 Å². The number of alkyl halides is 3. The first kappa shape index (κ1) is 14.6. The van der Waals surface area contributed by atoms with Gasteiger partial charge in [-0.3, -0.25) is 0 Å². The summed E-state index contributed by atoms with van der Waals surface area (Å²) in [5.74, 6) is -0.585. The van der Waals surface area contributed by atoms with E-state index in [1.54, 1.807) is 6.92 Å². The summed E-state index contributed by atoms with van der Waals surface area (Å²) in [4.78, 5) is 11.7. The topological polar surface area (TPSA) is 26.3 Å². The fraction of sp³-hybridized carbons (Fsp3) is 0.400. The van der Waals surface area contributed by atoms with Gasteiger partial charge in [-0.2, -0.15) is 13.2 Å². The smallest absolute Gasteiger partial charge is 0.416 e. The fourth-order valence-corrected chi connectivity index (χ4v) is 2.37. The lowest BCUT2D eigenvalue weighted by molar-refractivity contribution is -0.154. The van der Waals surface area contributed by atoms with E-state index in [-0.39, 0.29) is 5.57 Å². The normalized spacial score (nSPS) is 21.4. The van der Waals surface area contributed by atoms with Crippen LogP contribution < -0.4 is 0 Å². The minimum absolute atomic E-state index is 0.228. The molecule has 0 aromatic heterocycles. The highest BCUT2D eigenvalue weighted by Crippen LogP contribution is 2.42. The first-order valence-corrected chi connectivity index (χ1v) is 6.23. The first-order valence-electron chi connectivity index (χ1n) is 6.23. The van der Waals surface area contributed by atoms with E-state index < -0.39 is 23.3 Å². The maximum absolute atomic E-state index is 12.8. The molecule has 2 rings (SSSR count). The van der Waals surface area contributed by atoms with E-state index in [1.807, 2.05) is 0 Å². The average Bonchev–Trinajstić information content (AvgIpc) is 2.65. The number of fused-ring (bicyclic) bond motifs is 1. The van der Waals surface area contributed by atoms with Crippen LogP contribution in [-0.2, 0) is 27.7 Å².